The van der Waals surface area contributed by atoms with Crippen molar-refractivity contribution in [3.8, 4) is 0 Å². The third kappa shape index (κ3) is 3.58. The molecule has 0 aliphatic heterocycles. The van der Waals surface area contributed by atoms with Gasteiger partial charge in [-0.2, -0.15) is 0 Å². The van der Waals surface area contributed by atoms with Crippen molar-refractivity contribution in [1.82, 2.24) is 14.6 Å². The molecule has 0 bridgehead atoms. The van der Waals surface area contributed by atoms with E-state index in [1.807, 2.05) is 19.1 Å². The Labute approximate surface area is 168 Å². The number of hydrogen-bond acceptors (Lipinski definition) is 4. The van der Waals surface area contributed by atoms with Crippen LogP contribution in [0.25, 0.3) is 5.65 Å². The van der Waals surface area contributed by atoms with Crippen LogP contribution in [0.2, 0.25) is 0 Å². The fraction of sp³-hybridized carbons (Fsp3) is 0.143. The first kappa shape index (κ1) is 19.1. The smallest absolute Gasteiger partial charge is 0.266 e. The number of anilines is 1. The van der Waals surface area contributed by atoms with Gasteiger partial charge in [0.15, 0.2) is 5.65 Å². The molecule has 0 atom stereocenters. The first-order valence-corrected chi connectivity index (χ1v) is 10.4. The van der Waals surface area contributed by atoms with Crippen LogP contribution in [0.3, 0.4) is 0 Å². The quantitative estimate of drug-likeness (QED) is 0.501. The van der Waals surface area contributed by atoms with E-state index in [1.54, 1.807) is 47.7 Å². The predicted octanol–water partition coefficient (Wildman–Crippen LogP) is 3.88. The molecule has 8 heteroatoms. The van der Waals surface area contributed by atoms with E-state index in [0.29, 0.717) is 22.7 Å². The molecule has 0 amide bonds. The third-order valence-electron chi connectivity index (χ3n) is 4.73. The van der Waals surface area contributed by atoms with E-state index in [-0.39, 0.29) is 11.4 Å². The second-order valence-electron chi connectivity index (χ2n) is 6.78. The third-order valence-corrected chi connectivity index (χ3v) is 6.48. The average molecular weight is 410 g/mol. The molecule has 0 aliphatic carbocycles. The molecule has 0 spiro atoms. The van der Waals surface area contributed by atoms with Crippen molar-refractivity contribution in [2.75, 3.05) is 4.31 Å². The van der Waals surface area contributed by atoms with Crippen LogP contribution in [0.1, 0.15) is 17.0 Å². The van der Waals surface area contributed by atoms with Crippen LogP contribution >= 0.6 is 0 Å². The lowest BCUT2D eigenvalue weighted by Crippen LogP contribution is -2.31. The van der Waals surface area contributed by atoms with Gasteiger partial charge in [-0.1, -0.05) is 35.9 Å². The van der Waals surface area contributed by atoms with Gasteiger partial charge in [0.25, 0.3) is 10.0 Å². The fourth-order valence-electron chi connectivity index (χ4n) is 3.07. The number of sulfonamides is 1. The van der Waals surface area contributed by atoms with Gasteiger partial charge >= 0.3 is 0 Å². The molecule has 0 unspecified atom stereocenters. The Hall–Kier alpha value is -3.26. The van der Waals surface area contributed by atoms with Crippen molar-refractivity contribution >= 4 is 21.4 Å². The van der Waals surface area contributed by atoms with Gasteiger partial charge < -0.3 is 0 Å². The maximum atomic E-state index is 14.3. The highest BCUT2D eigenvalue weighted by Crippen LogP contribution is 2.27. The molecule has 2 aromatic carbocycles. The largest absolute Gasteiger partial charge is 0.285 e. The minimum absolute atomic E-state index is 0.0739. The van der Waals surface area contributed by atoms with Crippen LogP contribution in [0.5, 0.6) is 0 Å². The number of benzene rings is 2. The second-order valence-corrected chi connectivity index (χ2v) is 8.64. The molecule has 2 heterocycles. The minimum atomic E-state index is -3.98. The number of hydrogen-bond donors (Lipinski definition) is 0. The Bertz CT molecular complexity index is 1280. The molecule has 0 radical (unpaired) electrons. The van der Waals surface area contributed by atoms with E-state index >= 15 is 0 Å². The summed E-state index contributed by atoms with van der Waals surface area (Å²) in [5.74, 6) is 0.123. The van der Waals surface area contributed by atoms with Crippen LogP contribution in [-0.4, -0.2) is 23.0 Å². The summed E-state index contributed by atoms with van der Waals surface area (Å²) in [6.07, 6.45) is 1.49. The SMILES string of the molecule is Cc1ccc(N(Cc2ccccc2F)S(=O)(=O)c2ccc3nnc(C)n3c2)cc1. The maximum absolute atomic E-state index is 14.3. The summed E-state index contributed by atoms with van der Waals surface area (Å²) >= 11 is 0. The molecule has 0 aliphatic rings. The molecule has 0 N–H and O–H groups in total. The summed E-state index contributed by atoms with van der Waals surface area (Å²) in [7, 11) is -3.98. The Balaban J connectivity index is 1.84. The highest BCUT2D eigenvalue weighted by atomic mass is 32.2. The highest BCUT2D eigenvalue weighted by molar-refractivity contribution is 7.92. The Morgan fingerprint density at radius 3 is 2.41 bits per heavy atom. The molecule has 0 fully saturated rings. The topological polar surface area (TPSA) is 67.6 Å². The molecule has 6 nitrogen and oxygen atoms in total. The van der Waals surface area contributed by atoms with E-state index < -0.39 is 15.8 Å². The molecule has 0 saturated heterocycles. The normalized spacial score (nSPS) is 11.7. The first-order valence-electron chi connectivity index (χ1n) is 9.00. The van der Waals surface area contributed by atoms with Gasteiger partial charge in [-0.15, -0.1) is 10.2 Å². The van der Waals surface area contributed by atoms with Gasteiger partial charge in [0.2, 0.25) is 0 Å². The van der Waals surface area contributed by atoms with Gasteiger partial charge in [-0.3, -0.25) is 8.71 Å². The Morgan fingerprint density at radius 2 is 1.69 bits per heavy atom. The minimum Gasteiger partial charge on any atom is -0.285 e. The van der Waals surface area contributed by atoms with Crippen molar-refractivity contribution in [1.29, 1.82) is 0 Å². The Kier molecular flexibility index (Phi) is 4.79. The van der Waals surface area contributed by atoms with Gasteiger partial charge in [0.05, 0.1) is 12.2 Å². The number of halogens is 1. The number of rotatable bonds is 5. The first-order chi connectivity index (χ1) is 13.9. The van der Waals surface area contributed by atoms with E-state index in [0.717, 1.165) is 5.56 Å². The number of aryl methyl sites for hydroxylation is 2. The molecule has 2 aromatic heterocycles. The van der Waals surface area contributed by atoms with Crippen molar-refractivity contribution in [3.05, 3.63) is 89.6 Å². The summed E-state index contributed by atoms with van der Waals surface area (Å²) in [6.45, 7) is 3.53. The summed E-state index contributed by atoms with van der Waals surface area (Å²) in [6, 6.07) is 16.3. The molecular weight excluding hydrogens is 391 g/mol. The molecule has 4 rings (SSSR count). The lowest BCUT2D eigenvalue weighted by molar-refractivity contribution is 0.585. The van der Waals surface area contributed by atoms with Crippen molar-refractivity contribution < 1.29 is 12.8 Å². The van der Waals surface area contributed by atoms with Crippen molar-refractivity contribution in [2.45, 2.75) is 25.3 Å². The van der Waals surface area contributed by atoms with E-state index in [1.165, 1.54) is 22.6 Å². The molecule has 4 aromatic rings. The molecule has 148 valence electrons. The van der Waals surface area contributed by atoms with Gasteiger partial charge in [-0.25, -0.2) is 12.8 Å². The molecule has 0 saturated carbocycles. The second kappa shape index (κ2) is 7.29. The lowest BCUT2D eigenvalue weighted by Gasteiger charge is -2.25. The van der Waals surface area contributed by atoms with Gasteiger partial charge in [0, 0.05) is 11.8 Å². The summed E-state index contributed by atoms with van der Waals surface area (Å²) in [4.78, 5) is 0.0739. The summed E-state index contributed by atoms with van der Waals surface area (Å²) in [5, 5.41) is 7.95. The van der Waals surface area contributed by atoms with Crippen LogP contribution in [0.15, 0.2) is 71.8 Å². The van der Waals surface area contributed by atoms with E-state index in [2.05, 4.69) is 10.2 Å². The fourth-order valence-corrected chi connectivity index (χ4v) is 4.51. The predicted molar refractivity (Wildman–Crippen MR) is 109 cm³/mol. The van der Waals surface area contributed by atoms with Gasteiger partial charge in [-0.05, 0) is 44.2 Å². The van der Waals surface area contributed by atoms with Crippen LogP contribution in [0, 0.1) is 19.7 Å². The molecule has 29 heavy (non-hydrogen) atoms. The lowest BCUT2D eigenvalue weighted by atomic mass is 10.2. The summed E-state index contributed by atoms with van der Waals surface area (Å²) < 4.78 is 44.2. The summed E-state index contributed by atoms with van der Waals surface area (Å²) in [5.41, 5.74) is 2.30. The number of fused-ring (bicyclic) bond motifs is 1. The van der Waals surface area contributed by atoms with Crippen molar-refractivity contribution in [2.24, 2.45) is 0 Å². The van der Waals surface area contributed by atoms with E-state index in [4.69, 9.17) is 0 Å². The maximum Gasteiger partial charge on any atom is 0.266 e. The Morgan fingerprint density at radius 1 is 0.966 bits per heavy atom. The monoisotopic (exact) mass is 410 g/mol. The standard InChI is InChI=1S/C21H19FN4O2S/c1-15-7-9-18(10-8-15)26(13-17-5-3-4-6-20(17)22)29(27,28)19-11-12-21-24-23-16(2)25(21)14-19/h3-12,14H,13H2,1-2H3. The molecular formula is C21H19FN4O2S. The van der Waals surface area contributed by atoms with Gasteiger partial charge in [0.1, 0.15) is 16.5 Å². The van der Waals surface area contributed by atoms with Crippen LogP contribution < -0.4 is 4.31 Å². The zero-order valence-corrected chi connectivity index (χ0v) is 16.8. The van der Waals surface area contributed by atoms with Crippen molar-refractivity contribution in [3.63, 3.8) is 0 Å². The zero-order chi connectivity index (χ0) is 20.6. The zero-order valence-electron chi connectivity index (χ0n) is 15.9. The van der Waals surface area contributed by atoms with Crippen LogP contribution in [-0.2, 0) is 16.6 Å². The number of nitrogens with zero attached hydrogens (tertiary/aromatic N) is 4. The van der Waals surface area contributed by atoms with E-state index in [9.17, 15) is 12.8 Å². The van der Waals surface area contributed by atoms with Crippen LogP contribution in [0.4, 0.5) is 10.1 Å². The number of pyridine rings is 1. The average Bonchev–Trinajstić information content (AvgIpc) is 3.08. The number of aromatic nitrogens is 3. The highest BCUT2D eigenvalue weighted by Gasteiger charge is 2.27.